The van der Waals surface area contributed by atoms with E-state index in [1.54, 1.807) is 0 Å². The van der Waals surface area contributed by atoms with Crippen LogP contribution >= 0.6 is 0 Å². The number of rotatable bonds is 3. The Labute approximate surface area is 86.8 Å². The molecule has 0 amide bonds. The van der Waals surface area contributed by atoms with Gasteiger partial charge in [-0.25, -0.2) is 9.97 Å². The van der Waals surface area contributed by atoms with Gasteiger partial charge in [-0.05, 0) is 19.9 Å². The lowest BCUT2D eigenvalue weighted by Gasteiger charge is -2.03. The standard InChI is InChI=1S/C9H11N5O/c1-6-3-7(2)13-9(12-6)10-4-8-11-5-15-14-8/h3,5H,4H2,1-2H3,(H,10,12,13). The van der Waals surface area contributed by atoms with Crippen molar-refractivity contribution in [3.63, 3.8) is 0 Å². The van der Waals surface area contributed by atoms with Crippen molar-refractivity contribution in [2.75, 3.05) is 5.32 Å². The molecule has 6 nitrogen and oxygen atoms in total. The van der Waals surface area contributed by atoms with Crippen molar-refractivity contribution in [1.29, 1.82) is 0 Å². The quantitative estimate of drug-likeness (QED) is 0.808. The molecule has 0 atom stereocenters. The van der Waals surface area contributed by atoms with Gasteiger partial charge < -0.3 is 9.84 Å². The van der Waals surface area contributed by atoms with Gasteiger partial charge in [0, 0.05) is 11.4 Å². The average molecular weight is 205 g/mol. The van der Waals surface area contributed by atoms with Gasteiger partial charge in [0.1, 0.15) is 0 Å². The molecule has 6 heteroatoms. The molecule has 0 aliphatic heterocycles. The van der Waals surface area contributed by atoms with Crippen molar-refractivity contribution in [1.82, 2.24) is 20.1 Å². The Balaban J connectivity index is 2.05. The molecule has 2 aromatic rings. The summed E-state index contributed by atoms with van der Waals surface area (Å²) in [6.07, 6.45) is 1.29. The van der Waals surface area contributed by atoms with E-state index < -0.39 is 0 Å². The molecule has 0 aliphatic rings. The maximum absolute atomic E-state index is 4.61. The van der Waals surface area contributed by atoms with Gasteiger partial charge in [0.25, 0.3) is 0 Å². The van der Waals surface area contributed by atoms with Crippen molar-refractivity contribution < 1.29 is 4.52 Å². The van der Waals surface area contributed by atoms with Crippen LogP contribution in [0.2, 0.25) is 0 Å². The number of hydrogen-bond donors (Lipinski definition) is 1. The van der Waals surface area contributed by atoms with Gasteiger partial charge in [-0.2, -0.15) is 4.98 Å². The largest absolute Gasteiger partial charge is 0.347 e. The summed E-state index contributed by atoms with van der Waals surface area (Å²) in [7, 11) is 0. The molecule has 0 bridgehead atoms. The van der Waals surface area contributed by atoms with E-state index in [-0.39, 0.29) is 0 Å². The smallest absolute Gasteiger partial charge is 0.223 e. The third-order valence-electron chi connectivity index (χ3n) is 1.79. The first-order valence-corrected chi connectivity index (χ1v) is 4.55. The molecule has 78 valence electrons. The number of nitrogens with one attached hydrogen (secondary N) is 1. The fraction of sp³-hybridized carbons (Fsp3) is 0.333. The van der Waals surface area contributed by atoms with E-state index >= 15 is 0 Å². The van der Waals surface area contributed by atoms with Crippen LogP contribution in [0.3, 0.4) is 0 Å². The minimum Gasteiger partial charge on any atom is -0.347 e. The van der Waals surface area contributed by atoms with Crippen molar-refractivity contribution in [3.05, 3.63) is 29.7 Å². The fourth-order valence-electron chi connectivity index (χ4n) is 1.23. The first-order valence-electron chi connectivity index (χ1n) is 4.55. The van der Waals surface area contributed by atoms with Crippen molar-refractivity contribution in [2.45, 2.75) is 20.4 Å². The Morgan fingerprint density at radius 2 is 2.00 bits per heavy atom. The minimum absolute atomic E-state index is 0.458. The summed E-state index contributed by atoms with van der Waals surface area (Å²) in [5.74, 6) is 1.16. The Kier molecular flexibility index (Phi) is 2.57. The molecule has 0 saturated heterocycles. The van der Waals surface area contributed by atoms with E-state index in [0.29, 0.717) is 18.3 Å². The van der Waals surface area contributed by atoms with Gasteiger partial charge in [0.05, 0.1) is 6.54 Å². The number of aryl methyl sites for hydroxylation is 2. The zero-order chi connectivity index (χ0) is 10.7. The second-order valence-corrected chi connectivity index (χ2v) is 3.18. The van der Waals surface area contributed by atoms with E-state index in [1.165, 1.54) is 6.39 Å². The number of hydrogen-bond acceptors (Lipinski definition) is 6. The van der Waals surface area contributed by atoms with Crippen LogP contribution in [0.1, 0.15) is 17.2 Å². The van der Waals surface area contributed by atoms with Crippen LogP contribution in [-0.4, -0.2) is 20.1 Å². The fourth-order valence-corrected chi connectivity index (χ4v) is 1.23. The van der Waals surface area contributed by atoms with Crippen LogP contribution in [0.5, 0.6) is 0 Å². The highest BCUT2D eigenvalue weighted by Gasteiger charge is 2.01. The SMILES string of the molecule is Cc1cc(C)nc(NCc2ncon2)n1. The topological polar surface area (TPSA) is 76.7 Å². The summed E-state index contributed by atoms with van der Waals surface area (Å²) in [4.78, 5) is 12.3. The Bertz CT molecular complexity index is 420. The molecular formula is C9H11N5O. The van der Waals surface area contributed by atoms with E-state index in [4.69, 9.17) is 0 Å². The molecule has 2 heterocycles. The summed E-state index contributed by atoms with van der Waals surface area (Å²) in [5.41, 5.74) is 1.86. The normalized spacial score (nSPS) is 10.3. The summed E-state index contributed by atoms with van der Waals surface area (Å²) in [6, 6.07) is 1.92. The third kappa shape index (κ3) is 2.49. The second-order valence-electron chi connectivity index (χ2n) is 3.18. The zero-order valence-electron chi connectivity index (χ0n) is 8.56. The highest BCUT2D eigenvalue weighted by atomic mass is 16.5. The first-order chi connectivity index (χ1) is 7.24. The first kappa shape index (κ1) is 9.57. The van der Waals surface area contributed by atoms with Crippen molar-refractivity contribution >= 4 is 5.95 Å². The Hall–Kier alpha value is -1.98. The Morgan fingerprint density at radius 3 is 2.60 bits per heavy atom. The molecule has 0 aliphatic carbocycles. The van der Waals surface area contributed by atoms with Crippen molar-refractivity contribution in [2.24, 2.45) is 0 Å². The number of anilines is 1. The third-order valence-corrected chi connectivity index (χ3v) is 1.79. The van der Waals surface area contributed by atoms with Gasteiger partial charge in [-0.15, -0.1) is 0 Å². The molecule has 15 heavy (non-hydrogen) atoms. The van der Waals surface area contributed by atoms with E-state index in [2.05, 4.69) is 29.9 Å². The number of nitrogens with zero attached hydrogens (tertiary/aromatic N) is 4. The maximum atomic E-state index is 4.61. The maximum Gasteiger partial charge on any atom is 0.223 e. The monoisotopic (exact) mass is 205 g/mol. The zero-order valence-corrected chi connectivity index (χ0v) is 8.56. The Morgan fingerprint density at radius 1 is 1.27 bits per heavy atom. The lowest BCUT2D eigenvalue weighted by atomic mass is 10.4. The summed E-state index contributed by atoms with van der Waals surface area (Å²) < 4.78 is 4.61. The van der Waals surface area contributed by atoms with Crippen LogP contribution in [0.25, 0.3) is 0 Å². The van der Waals surface area contributed by atoms with Gasteiger partial charge in [0.2, 0.25) is 12.3 Å². The van der Waals surface area contributed by atoms with Crippen molar-refractivity contribution in [3.8, 4) is 0 Å². The molecule has 0 unspecified atom stereocenters. The second kappa shape index (κ2) is 4.04. The van der Waals surface area contributed by atoms with Gasteiger partial charge in [0.15, 0.2) is 5.82 Å². The summed E-state index contributed by atoms with van der Waals surface area (Å²) in [5, 5.41) is 6.69. The summed E-state index contributed by atoms with van der Waals surface area (Å²) >= 11 is 0. The lowest BCUT2D eigenvalue weighted by Crippen LogP contribution is -2.06. The molecular weight excluding hydrogens is 194 g/mol. The minimum atomic E-state index is 0.458. The summed E-state index contributed by atoms with van der Waals surface area (Å²) in [6.45, 7) is 4.31. The van der Waals surface area contributed by atoms with Crippen LogP contribution in [0.4, 0.5) is 5.95 Å². The van der Waals surface area contributed by atoms with Gasteiger partial charge >= 0.3 is 0 Å². The molecule has 0 spiro atoms. The average Bonchev–Trinajstić information content (AvgIpc) is 2.65. The van der Waals surface area contributed by atoms with E-state index in [0.717, 1.165) is 11.4 Å². The predicted molar refractivity (Wildman–Crippen MR) is 53.1 cm³/mol. The molecule has 0 aromatic carbocycles. The van der Waals surface area contributed by atoms with E-state index in [1.807, 2.05) is 19.9 Å². The molecule has 0 fully saturated rings. The van der Waals surface area contributed by atoms with Crippen LogP contribution < -0.4 is 5.32 Å². The van der Waals surface area contributed by atoms with E-state index in [9.17, 15) is 0 Å². The molecule has 0 saturated carbocycles. The molecule has 1 N–H and O–H groups in total. The molecule has 2 aromatic heterocycles. The molecule has 2 rings (SSSR count). The number of aromatic nitrogens is 4. The van der Waals surface area contributed by atoms with Gasteiger partial charge in [-0.1, -0.05) is 5.16 Å². The van der Waals surface area contributed by atoms with Crippen LogP contribution in [-0.2, 0) is 6.54 Å². The highest BCUT2D eigenvalue weighted by molar-refractivity contribution is 5.27. The van der Waals surface area contributed by atoms with Gasteiger partial charge in [-0.3, -0.25) is 0 Å². The highest BCUT2D eigenvalue weighted by Crippen LogP contribution is 2.04. The van der Waals surface area contributed by atoms with Crippen LogP contribution in [0, 0.1) is 13.8 Å². The molecule has 0 radical (unpaired) electrons. The predicted octanol–water partition coefficient (Wildman–Crippen LogP) is 1.09. The van der Waals surface area contributed by atoms with Crippen LogP contribution in [0.15, 0.2) is 17.0 Å². The lowest BCUT2D eigenvalue weighted by molar-refractivity contribution is 0.411.